The normalized spacial score (nSPS) is 10.7. The van der Waals surface area contributed by atoms with Crippen LogP contribution in [0.1, 0.15) is 23.7 Å². The molecule has 0 saturated carbocycles. The molecule has 0 radical (unpaired) electrons. The van der Waals surface area contributed by atoms with Gasteiger partial charge >= 0.3 is 0 Å². The number of hydrogen-bond acceptors (Lipinski definition) is 4. The van der Waals surface area contributed by atoms with Gasteiger partial charge in [-0.3, -0.25) is 4.79 Å². The minimum atomic E-state index is 0.150. The Balaban J connectivity index is 2.05. The van der Waals surface area contributed by atoms with Gasteiger partial charge in [0.25, 0.3) is 0 Å². The lowest BCUT2D eigenvalue weighted by molar-refractivity contribution is 0.0985. The van der Waals surface area contributed by atoms with Gasteiger partial charge in [0.2, 0.25) is 0 Å². The van der Waals surface area contributed by atoms with Gasteiger partial charge in [-0.2, -0.15) is 0 Å². The van der Waals surface area contributed by atoms with E-state index in [1.807, 2.05) is 55.5 Å². The fraction of sp³-hybridized carbons (Fsp3) is 0.118. The maximum atomic E-state index is 12.0. The Bertz CT molecular complexity index is 796. The van der Waals surface area contributed by atoms with Gasteiger partial charge in [0.1, 0.15) is 11.4 Å². The number of carbonyl (C=O) groups excluding carboxylic acids is 1. The van der Waals surface area contributed by atoms with Gasteiger partial charge in [0, 0.05) is 22.3 Å². The van der Waals surface area contributed by atoms with Crippen LogP contribution in [0.25, 0.3) is 10.9 Å². The molecule has 0 aliphatic heterocycles. The number of benzene rings is 2. The smallest absolute Gasteiger partial charge is 0.163 e. The van der Waals surface area contributed by atoms with Crippen LogP contribution in [0.5, 0.6) is 0 Å². The summed E-state index contributed by atoms with van der Waals surface area (Å²) in [5.41, 5.74) is 1.67. The summed E-state index contributed by atoms with van der Waals surface area (Å²) in [6.45, 7) is 1.88. The van der Waals surface area contributed by atoms with Gasteiger partial charge in [-0.05, 0) is 12.1 Å². The van der Waals surface area contributed by atoms with Crippen molar-refractivity contribution in [1.29, 1.82) is 0 Å². The maximum Gasteiger partial charge on any atom is 0.163 e. The number of fused-ring (bicyclic) bond motifs is 1. The maximum absolute atomic E-state index is 12.0. The number of ketones is 1. The zero-order valence-corrected chi connectivity index (χ0v) is 12.4. The van der Waals surface area contributed by atoms with E-state index in [1.165, 1.54) is 11.8 Å². The van der Waals surface area contributed by atoms with Crippen LogP contribution in [-0.2, 0) is 0 Å². The first-order valence-electron chi connectivity index (χ1n) is 6.79. The van der Waals surface area contributed by atoms with Crippen LogP contribution in [0.3, 0.4) is 0 Å². The molecule has 0 saturated heterocycles. The monoisotopic (exact) mass is 294 g/mol. The van der Waals surface area contributed by atoms with Crippen LogP contribution < -0.4 is 0 Å². The molecule has 0 bridgehead atoms. The first-order valence-corrected chi connectivity index (χ1v) is 7.61. The van der Waals surface area contributed by atoms with Gasteiger partial charge in [0.05, 0.1) is 5.52 Å². The second kappa shape index (κ2) is 6.06. The Labute approximate surface area is 127 Å². The minimum absolute atomic E-state index is 0.150. The number of carbonyl (C=O) groups is 1. The fourth-order valence-corrected chi connectivity index (χ4v) is 3.17. The third kappa shape index (κ3) is 2.81. The van der Waals surface area contributed by atoms with Gasteiger partial charge in [-0.15, -0.1) is 0 Å². The van der Waals surface area contributed by atoms with Crippen molar-refractivity contribution in [3.63, 3.8) is 0 Å². The highest BCUT2D eigenvalue weighted by Crippen LogP contribution is 2.33. The lowest BCUT2D eigenvalue weighted by Gasteiger charge is -2.08. The zero-order chi connectivity index (χ0) is 14.7. The van der Waals surface area contributed by atoms with E-state index in [0.717, 1.165) is 26.4 Å². The molecule has 0 amide bonds. The highest BCUT2D eigenvalue weighted by molar-refractivity contribution is 7.99. The van der Waals surface area contributed by atoms with E-state index in [4.69, 9.17) is 0 Å². The highest BCUT2D eigenvalue weighted by atomic mass is 32.2. The Hall–Kier alpha value is -2.20. The van der Waals surface area contributed by atoms with E-state index in [0.29, 0.717) is 6.42 Å². The van der Waals surface area contributed by atoms with Crippen molar-refractivity contribution in [2.45, 2.75) is 23.3 Å². The predicted octanol–water partition coefficient (Wildman–Crippen LogP) is 4.37. The van der Waals surface area contributed by atoms with Crippen molar-refractivity contribution < 1.29 is 4.79 Å². The first-order chi connectivity index (χ1) is 10.3. The molecule has 0 atom stereocenters. The number of Topliss-reactive ketones (excluding diaryl/α,β-unsaturated/α-hetero) is 1. The Morgan fingerprint density at radius 1 is 1.05 bits per heavy atom. The molecule has 21 heavy (non-hydrogen) atoms. The molecule has 3 aromatic rings. The van der Waals surface area contributed by atoms with E-state index >= 15 is 0 Å². The average molecular weight is 294 g/mol. The molecular weight excluding hydrogens is 280 g/mol. The summed E-state index contributed by atoms with van der Waals surface area (Å²) in [6, 6.07) is 15.6. The summed E-state index contributed by atoms with van der Waals surface area (Å²) in [4.78, 5) is 21.6. The highest BCUT2D eigenvalue weighted by Gasteiger charge is 2.12. The van der Waals surface area contributed by atoms with Crippen molar-refractivity contribution >= 4 is 28.4 Å². The standard InChI is InChI=1S/C17H14N2OS/c1-2-15(20)13-8-4-6-10-16(13)21-17-12-7-3-5-9-14(12)18-11-19-17/h3-11H,2H2,1H3. The van der Waals surface area contributed by atoms with Crippen LogP contribution >= 0.6 is 11.8 Å². The van der Waals surface area contributed by atoms with Crippen LogP contribution in [0.4, 0.5) is 0 Å². The molecule has 0 unspecified atom stereocenters. The van der Waals surface area contributed by atoms with Gasteiger partial charge < -0.3 is 0 Å². The number of nitrogens with zero attached hydrogens (tertiary/aromatic N) is 2. The molecule has 0 spiro atoms. The van der Waals surface area contributed by atoms with Gasteiger partial charge in [0.15, 0.2) is 5.78 Å². The molecule has 104 valence electrons. The van der Waals surface area contributed by atoms with E-state index in [9.17, 15) is 4.79 Å². The molecule has 4 heteroatoms. The molecule has 2 aromatic carbocycles. The summed E-state index contributed by atoms with van der Waals surface area (Å²) in [5.74, 6) is 0.150. The van der Waals surface area contributed by atoms with Crippen molar-refractivity contribution in [2.75, 3.05) is 0 Å². The van der Waals surface area contributed by atoms with E-state index < -0.39 is 0 Å². The van der Waals surface area contributed by atoms with Gasteiger partial charge in [-0.1, -0.05) is 55.1 Å². The predicted molar refractivity (Wildman–Crippen MR) is 84.7 cm³/mol. The van der Waals surface area contributed by atoms with E-state index in [-0.39, 0.29) is 5.78 Å². The topological polar surface area (TPSA) is 42.9 Å². The van der Waals surface area contributed by atoms with Crippen molar-refractivity contribution in [3.05, 3.63) is 60.4 Å². The fourth-order valence-electron chi connectivity index (χ4n) is 2.14. The quantitative estimate of drug-likeness (QED) is 0.529. The second-order valence-corrected chi connectivity index (χ2v) is 5.60. The molecule has 1 heterocycles. The molecule has 0 aliphatic carbocycles. The van der Waals surface area contributed by atoms with Crippen molar-refractivity contribution in [2.24, 2.45) is 0 Å². The third-order valence-corrected chi connectivity index (χ3v) is 4.32. The zero-order valence-electron chi connectivity index (χ0n) is 11.6. The molecule has 1 aromatic heterocycles. The molecule has 0 aliphatic rings. The van der Waals surface area contributed by atoms with Crippen LogP contribution in [0.2, 0.25) is 0 Å². The van der Waals surface area contributed by atoms with Crippen molar-refractivity contribution in [1.82, 2.24) is 9.97 Å². The number of rotatable bonds is 4. The van der Waals surface area contributed by atoms with Crippen molar-refractivity contribution in [3.8, 4) is 0 Å². The first kappa shape index (κ1) is 13.8. The molecular formula is C17H14N2OS. The number of para-hydroxylation sites is 1. The SMILES string of the molecule is CCC(=O)c1ccccc1Sc1ncnc2ccccc12. The molecule has 0 N–H and O–H groups in total. The molecule has 0 fully saturated rings. The second-order valence-electron chi connectivity index (χ2n) is 4.57. The summed E-state index contributed by atoms with van der Waals surface area (Å²) in [5, 5.41) is 1.88. The molecule has 3 rings (SSSR count). The summed E-state index contributed by atoms with van der Waals surface area (Å²) in [7, 11) is 0. The summed E-state index contributed by atoms with van der Waals surface area (Å²) < 4.78 is 0. The third-order valence-electron chi connectivity index (χ3n) is 3.22. The largest absolute Gasteiger partial charge is 0.294 e. The van der Waals surface area contributed by atoms with E-state index in [1.54, 1.807) is 6.33 Å². The Morgan fingerprint density at radius 2 is 1.81 bits per heavy atom. The average Bonchev–Trinajstić information content (AvgIpc) is 2.55. The van der Waals surface area contributed by atoms with Crippen LogP contribution in [0.15, 0.2) is 64.8 Å². The summed E-state index contributed by atoms with van der Waals surface area (Å²) >= 11 is 1.52. The van der Waals surface area contributed by atoms with Crippen LogP contribution in [-0.4, -0.2) is 15.8 Å². The van der Waals surface area contributed by atoms with Crippen LogP contribution in [0, 0.1) is 0 Å². The number of aromatic nitrogens is 2. The lowest BCUT2D eigenvalue weighted by Crippen LogP contribution is -1.98. The number of hydrogen-bond donors (Lipinski definition) is 0. The summed E-state index contributed by atoms with van der Waals surface area (Å²) in [6.07, 6.45) is 2.07. The minimum Gasteiger partial charge on any atom is -0.294 e. The molecule has 3 nitrogen and oxygen atoms in total. The Kier molecular flexibility index (Phi) is 3.97. The van der Waals surface area contributed by atoms with E-state index in [2.05, 4.69) is 9.97 Å². The van der Waals surface area contributed by atoms with Gasteiger partial charge in [-0.25, -0.2) is 9.97 Å². The Morgan fingerprint density at radius 3 is 2.67 bits per heavy atom. The lowest BCUT2D eigenvalue weighted by atomic mass is 10.1.